The van der Waals surface area contributed by atoms with Crippen LogP contribution in [0.3, 0.4) is 0 Å². The number of amides is 2. The molecular formula is C24H22ClF9N6O2. The largest absolute Gasteiger partial charge is 0.471 e. The molecule has 42 heavy (non-hydrogen) atoms. The highest BCUT2D eigenvalue weighted by Crippen LogP contribution is 2.40. The fraction of sp³-hybridized carbons (Fsp3) is 0.500. The van der Waals surface area contributed by atoms with Crippen molar-refractivity contribution in [2.24, 2.45) is 5.92 Å². The molecule has 1 saturated carbocycles. The van der Waals surface area contributed by atoms with Crippen LogP contribution in [-0.2, 0) is 28.7 Å². The second-order valence-electron chi connectivity index (χ2n) is 9.75. The number of carbonyl (C=O) groups is 2. The number of aromatic nitrogens is 2. The Morgan fingerprint density at radius 2 is 1.74 bits per heavy atom. The van der Waals surface area contributed by atoms with Gasteiger partial charge in [0.2, 0.25) is 11.9 Å². The molecule has 1 fully saturated rings. The maximum atomic E-state index is 13.5. The van der Waals surface area contributed by atoms with Crippen molar-refractivity contribution >= 4 is 40.9 Å². The number of hydrogen-bond acceptors (Lipinski definition) is 6. The molecule has 1 aromatic heterocycles. The first-order valence-corrected chi connectivity index (χ1v) is 12.8. The molecule has 4 rings (SSSR count). The number of anilines is 3. The molecule has 1 aliphatic carbocycles. The molecule has 1 aliphatic heterocycles. The van der Waals surface area contributed by atoms with Gasteiger partial charge in [0.25, 0.3) is 0 Å². The maximum Gasteiger partial charge on any atom is 0.471 e. The Kier molecular flexibility index (Phi) is 8.72. The number of rotatable bonds is 8. The zero-order valence-electron chi connectivity index (χ0n) is 21.3. The molecule has 1 unspecified atom stereocenters. The summed E-state index contributed by atoms with van der Waals surface area (Å²) in [7, 11) is 0. The topological polar surface area (TPSA) is 99.3 Å². The van der Waals surface area contributed by atoms with E-state index in [0.29, 0.717) is 35.1 Å². The van der Waals surface area contributed by atoms with Crippen molar-refractivity contribution < 1.29 is 49.1 Å². The van der Waals surface area contributed by atoms with Gasteiger partial charge in [-0.15, -0.1) is 0 Å². The number of nitrogens with one attached hydrogen (secondary N) is 3. The zero-order chi connectivity index (χ0) is 31.0. The second-order valence-corrected chi connectivity index (χ2v) is 10.2. The summed E-state index contributed by atoms with van der Waals surface area (Å²) in [5.41, 5.74) is -0.300. The SMILES string of the molecule is O=C(CCNc1nc(Nc2cc3c(cc2Cl)CN(C(=O)C(F)(F)F)CC3)ncc1C(F)(F)F)NC(C1CC1)C(F)(F)F. The number of halogens is 10. The summed E-state index contributed by atoms with van der Waals surface area (Å²) in [6.07, 6.45) is -14.1. The highest BCUT2D eigenvalue weighted by atomic mass is 35.5. The van der Waals surface area contributed by atoms with Gasteiger partial charge in [0, 0.05) is 32.3 Å². The van der Waals surface area contributed by atoms with Gasteiger partial charge >= 0.3 is 24.4 Å². The number of benzene rings is 1. The van der Waals surface area contributed by atoms with E-state index in [9.17, 15) is 49.1 Å². The van der Waals surface area contributed by atoms with E-state index in [4.69, 9.17) is 11.6 Å². The molecule has 2 amide bonds. The predicted molar refractivity (Wildman–Crippen MR) is 131 cm³/mol. The first-order valence-electron chi connectivity index (χ1n) is 12.4. The second kappa shape index (κ2) is 11.6. The minimum absolute atomic E-state index is 0.0420. The van der Waals surface area contributed by atoms with Crippen LogP contribution in [0.5, 0.6) is 0 Å². The lowest BCUT2D eigenvalue weighted by Gasteiger charge is -2.30. The predicted octanol–water partition coefficient (Wildman–Crippen LogP) is 5.60. The first-order chi connectivity index (χ1) is 19.4. The van der Waals surface area contributed by atoms with Crippen LogP contribution in [0.15, 0.2) is 18.3 Å². The lowest BCUT2D eigenvalue weighted by atomic mass is 9.99. The number of hydrogen-bond donors (Lipinski definition) is 3. The highest BCUT2D eigenvalue weighted by Gasteiger charge is 2.49. The van der Waals surface area contributed by atoms with Gasteiger partial charge in [-0.1, -0.05) is 11.6 Å². The molecule has 18 heteroatoms. The molecule has 0 bridgehead atoms. The van der Waals surface area contributed by atoms with Crippen molar-refractivity contribution in [2.75, 3.05) is 23.7 Å². The van der Waals surface area contributed by atoms with Crippen molar-refractivity contribution in [3.63, 3.8) is 0 Å². The first kappa shape index (κ1) is 31.4. The molecular weight excluding hydrogens is 611 g/mol. The van der Waals surface area contributed by atoms with Gasteiger partial charge in [0.15, 0.2) is 0 Å². The van der Waals surface area contributed by atoms with Crippen LogP contribution < -0.4 is 16.0 Å². The van der Waals surface area contributed by atoms with Crippen LogP contribution in [0, 0.1) is 5.92 Å². The molecule has 2 aliphatic rings. The van der Waals surface area contributed by atoms with Gasteiger partial charge < -0.3 is 20.9 Å². The Morgan fingerprint density at radius 3 is 2.33 bits per heavy atom. The van der Waals surface area contributed by atoms with Crippen molar-refractivity contribution in [3.05, 3.63) is 40.0 Å². The molecule has 1 aromatic carbocycles. The molecule has 8 nitrogen and oxygen atoms in total. The van der Waals surface area contributed by atoms with E-state index in [0.717, 1.165) is 0 Å². The number of alkyl halides is 9. The van der Waals surface area contributed by atoms with Gasteiger partial charge in [0.05, 0.1) is 10.7 Å². The lowest BCUT2D eigenvalue weighted by molar-refractivity contribution is -0.186. The van der Waals surface area contributed by atoms with Crippen LogP contribution >= 0.6 is 11.6 Å². The summed E-state index contributed by atoms with van der Waals surface area (Å²) >= 11 is 6.23. The van der Waals surface area contributed by atoms with E-state index in [1.54, 1.807) is 0 Å². The fourth-order valence-corrected chi connectivity index (χ4v) is 4.60. The minimum Gasteiger partial charge on any atom is -0.369 e. The quantitative estimate of drug-likeness (QED) is 0.328. The lowest BCUT2D eigenvalue weighted by Crippen LogP contribution is -2.47. The highest BCUT2D eigenvalue weighted by molar-refractivity contribution is 6.33. The average molecular weight is 633 g/mol. The van der Waals surface area contributed by atoms with Gasteiger partial charge in [0.1, 0.15) is 17.4 Å². The summed E-state index contributed by atoms with van der Waals surface area (Å²) in [5.74, 6) is -4.85. The van der Waals surface area contributed by atoms with Crippen molar-refractivity contribution in [1.29, 1.82) is 0 Å². The van der Waals surface area contributed by atoms with Gasteiger partial charge in [-0.3, -0.25) is 9.59 Å². The number of fused-ring (bicyclic) bond motifs is 1. The summed E-state index contributed by atoms with van der Waals surface area (Å²) < 4.78 is 118. The molecule has 230 valence electrons. The normalized spacial score (nSPS) is 16.5. The minimum atomic E-state index is -5.04. The monoisotopic (exact) mass is 632 g/mol. The Labute approximate surface area is 237 Å². The Hall–Kier alpha value is -3.50. The summed E-state index contributed by atoms with van der Waals surface area (Å²) in [5, 5.41) is 6.78. The van der Waals surface area contributed by atoms with Crippen LogP contribution in [0.4, 0.5) is 57.0 Å². The Bertz CT molecular complexity index is 1350. The number of carbonyl (C=O) groups excluding carboxylic acids is 2. The van der Waals surface area contributed by atoms with Crippen molar-refractivity contribution in [1.82, 2.24) is 20.2 Å². The average Bonchev–Trinajstić information content (AvgIpc) is 3.70. The molecule has 3 N–H and O–H groups in total. The fourth-order valence-electron chi connectivity index (χ4n) is 4.37. The third-order valence-corrected chi connectivity index (χ3v) is 6.89. The van der Waals surface area contributed by atoms with E-state index >= 15 is 0 Å². The van der Waals surface area contributed by atoms with Crippen molar-refractivity contribution in [2.45, 2.75) is 56.8 Å². The maximum absolute atomic E-state index is 13.5. The van der Waals surface area contributed by atoms with E-state index < -0.39 is 66.6 Å². The van der Waals surface area contributed by atoms with Crippen LogP contribution in [0.2, 0.25) is 5.02 Å². The summed E-state index contributed by atoms with van der Waals surface area (Å²) in [4.78, 5) is 31.7. The standard InChI is InChI=1S/C24H22ClF9N6O2/c25-15-7-13-10-40(20(42)24(32,33)34)6-4-12(13)8-16(15)37-21-36-9-14(22(26,27)28)19(39-21)35-5-3-17(41)38-18(11-1-2-11)23(29,30)31/h7-9,11,18H,1-6,10H2,(H,38,41)(H2,35,36,37,39). The van der Waals surface area contributed by atoms with Crippen LogP contribution in [0.25, 0.3) is 0 Å². The zero-order valence-corrected chi connectivity index (χ0v) is 22.0. The van der Waals surface area contributed by atoms with Crippen LogP contribution in [-0.4, -0.2) is 58.2 Å². The smallest absolute Gasteiger partial charge is 0.369 e. The molecule has 0 radical (unpaired) electrons. The summed E-state index contributed by atoms with van der Waals surface area (Å²) in [6, 6.07) is 0.732. The van der Waals surface area contributed by atoms with Gasteiger partial charge in [-0.05, 0) is 48.4 Å². The molecule has 2 heterocycles. The van der Waals surface area contributed by atoms with Gasteiger partial charge in [-0.2, -0.15) is 44.5 Å². The molecule has 2 aromatic rings. The van der Waals surface area contributed by atoms with E-state index in [2.05, 4.69) is 20.6 Å². The summed E-state index contributed by atoms with van der Waals surface area (Å²) in [6.45, 7) is -1.06. The number of nitrogens with zero attached hydrogens (tertiary/aromatic N) is 3. The third-order valence-electron chi connectivity index (χ3n) is 6.58. The molecule has 1 atom stereocenters. The van der Waals surface area contributed by atoms with E-state index in [1.165, 1.54) is 12.1 Å². The van der Waals surface area contributed by atoms with E-state index in [1.807, 2.05) is 5.32 Å². The molecule has 0 spiro atoms. The Balaban J connectivity index is 1.45. The molecule has 0 saturated heterocycles. The van der Waals surface area contributed by atoms with Gasteiger partial charge in [-0.25, -0.2) is 4.98 Å². The van der Waals surface area contributed by atoms with E-state index in [-0.39, 0.29) is 36.2 Å². The van der Waals surface area contributed by atoms with Crippen LogP contribution in [0.1, 0.15) is 36.0 Å². The van der Waals surface area contributed by atoms with Crippen molar-refractivity contribution in [3.8, 4) is 0 Å². The third kappa shape index (κ3) is 7.66. The Morgan fingerprint density at radius 1 is 1.05 bits per heavy atom.